The number of carbonyl (C=O) groups is 1. The van der Waals surface area contributed by atoms with Gasteiger partial charge in [-0.1, -0.05) is 30.2 Å². The maximum absolute atomic E-state index is 12.3. The zero-order valence-electron chi connectivity index (χ0n) is 12.7. The molecule has 3 rings (SSSR count). The zero-order valence-corrected chi connectivity index (χ0v) is 13.4. The average molecular weight is 323 g/mol. The molecule has 2 N–H and O–H groups in total. The SMILES string of the molecule is O=C(NC1CCOCC1)NC(c1ccc(Cl)cc1)C1CCC1. The first kappa shape index (κ1) is 15.6. The van der Waals surface area contributed by atoms with Crippen LogP contribution >= 0.6 is 11.6 Å². The Labute approximate surface area is 136 Å². The zero-order chi connectivity index (χ0) is 15.4. The molecule has 4 nitrogen and oxygen atoms in total. The van der Waals surface area contributed by atoms with Gasteiger partial charge in [-0.15, -0.1) is 0 Å². The van der Waals surface area contributed by atoms with Gasteiger partial charge in [-0.25, -0.2) is 4.79 Å². The van der Waals surface area contributed by atoms with E-state index < -0.39 is 0 Å². The van der Waals surface area contributed by atoms with E-state index >= 15 is 0 Å². The van der Waals surface area contributed by atoms with Gasteiger partial charge in [0.1, 0.15) is 0 Å². The normalized spacial score (nSPS) is 21.0. The third-order valence-corrected chi connectivity index (χ3v) is 4.95. The summed E-state index contributed by atoms with van der Waals surface area (Å²) in [7, 11) is 0. The van der Waals surface area contributed by atoms with Crippen LogP contribution in [0.2, 0.25) is 5.02 Å². The van der Waals surface area contributed by atoms with Gasteiger partial charge in [-0.3, -0.25) is 0 Å². The minimum absolute atomic E-state index is 0.0706. The van der Waals surface area contributed by atoms with Crippen LogP contribution in [-0.2, 0) is 4.74 Å². The van der Waals surface area contributed by atoms with Crippen molar-refractivity contribution in [3.63, 3.8) is 0 Å². The minimum atomic E-state index is -0.0706. The Hall–Kier alpha value is -1.26. The van der Waals surface area contributed by atoms with Crippen molar-refractivity contribution in [2.24, 2.45) is 5.92 Å². The fraction of sp³-hybridized carbons (Fsp3) is 0.588. The van der Waals surface area contributed by atoms with Crippen LogP contribution in [0.3, 0.4) is 0 Å². The van der Waals surface area contributed by atoms with Crippen molar-refractivity contribution in [1.82, 2.24) is 10.6 Å². The molecule has 1 atom stereocenters. The number of ether oxygens (including phenoxy) is 1. The van der Waals surface area contributed by atoms with Crippen molar-refractivity contribution in [2.45, 2.75) is 44.2 Å². The summed E-state index contributed by atoms with van der Waals surface area (Å²) in [6, 6.07) is 8.03. The second-order valence-electron chi connectivity index (χ2n) is 6.22. The molecule has 1 aliphatic heterocycles. The molecule has 2 aliphatic rings. The summed E-state index contributed by atoms with van der Waals surface area (Å²) in [6.07, 6.45) is 5.37. The van der Waals surface area contributed by atoms with Crippen LogP contribution in [0.1, 0.15) is 43.7 Å². The number of benzene rings is 1. The van der Waals surface area contributed by atoms with E-state index in [9.17, 15) is 4.79 Å². The highest BCUT2D eigenvalue weighted by atomic mass is 35.5. The molecule has 1 aromatic rings. The summed E-state index contributed by atoms with van der Waals surface area (Å²) in [5.74, 6) is 0.529. The number of hydrogen-bond acceptors (Lipinski definition) is 2. The molecule has 1 saturated heterocycles. The smallest absolute Gasteiger partial charge is 0.315 e. The van der Waals surface area contributed by atoms with Gasteiger partial charge in [-0.05, 0) is 49.3 Å². The minimum Gasteiger partial charge on any atom is -0.381 e. The molecule has 22 heavy (non-hydrogen) atoms. The average Bonchev–Trinajstić information content (AvgIpc) is 2.46. The number of halogens is 1. The standard InChI is InChI=1S/C17H23ClN2O2/c18-14-6-4-13(5-7-14)16(12-2-1-3-12)20-17(21)19-15-8-10-22-11-9-15/h4-7,12,15-16H,1-3,8-11H2,(H2,19,20,21). The van der Waals surface area contributed by atoms with Gasteiger partial charge in [0, 0.05) is 24.3 Å². The molecule has 120 valence electrons. The molecule has 0 aromatic heterocycles. The lowest BCUT2D eigenvalue weighted by atomic mass is 9.77. The summed E-state index contributed by atoms with van der Waals surface area (Å²) in [5.41, 5.74) is 1.14. The van der Waals surface area contributed by atoms with Crippen molar-refractivity contribution >= 4 is 17.6 Å². The van der Waals surface area contributed by atoms with Crippen LogP contribution in [0.5, 0.6) is 0 Å². The van der Waals surface area contributed by atoms with E-state index in [0.29, 0.717) is 5.92 Å². The third-order valence-electron chi connectivity index (χ3n) is 4.69. The molecule has 0 spiro atoms. The second-order valence-corrected chi connectivity index (χ2v) is 6.66. The second kappa shape index (κ2) is 7.34. The quantitative estimate of drug-likeness (QED) is 0.888. The van der Waals surface area contributed by atoms with Gasteiger partial charge in [0.15, 0.2) is 0 Å². The van der Waals surface area contributed by atoms with Gasteiger partial charge in [0.25, 0.3) is 0 Å². The molecule has 1 unspecified atom stereocenters. The van der Waals surface area contributed by atoms with Gasteiger partial charge >= 0.3 is 6.03 Å². The van der Waals surface area contributed by atoms with E-state index in [1.165, 1.54) is 19.3 Å². The van der Waals surface area contributed by atoms with Crippen molar-refractivity contribution in [2.75, 3.05) is 13.2 Å². The highest BCUT2D eigenvalue weighted by Gasteiger charge is 2.30. The molecule has 5 heteroatoms. The summed E-state index contributed by atoms with van der Waals surface area (Å²) in [6.45, 7) is 1.46. The highest BCUT2D eigenvalue weighted by Crippen LogP contribution is 2.37. The predicted octanol–water partition coefficient (Wildman–Crippen LogP) is 3.66. The van der Waals surface area contributed by atoms with E-state index in [2.05, 4.69) is 10.6 Å². The van der Waals surface area contributed by atoms with Crippen LogP contribution < -0.4 is 10.6 Å². The summed E-state index contributed by atoms with van der Waals surface area (Å²) < 4.78 is 5.32. The van der Waals surface area contributed by atoms with Crippen LogP contribution in [0, 0.1) is 5.92 Å². The first-order valence-corrected chi connectivity index (χ1v) is 8.50. The highest BCUT2D eigenvalue weighted by molar-refractivity contribution is 6.30. The van der Waals surface area contributed by atoms with Crippen LogP contribution in [0.4, 0.5) is 4.79 Å². The Morgan fingerprint density at radius 1 is 1.14 bits per heavy atom. The van der Waals surface area contributed by atoms with Gasteiger partial charge < -0.3 is 15.4 Å². The molecule has 1 heterocycles. The van der Waals surface area contributed by atoms with E-state index in [-0.39, 0.29) is 18.1 Å². The molecule has 1 aliphatic carbocycles. The Balaban J connectivity index is 1.62. The number of urea groups is 1. The summed E-state index contributed by atoms with van der Waals surface area (Å²) >= 11 is 5.97. The Morgan fingerprint density at radius 3 is 2.41 bits per heavy atom. The fourth-order valence-electron chi connectivity index (χ4n) is 3.13. The van der Waals surface area contributed by atoms with Crippen molar-refractivity contribution < 1.29 is 9.53 Å². The number of carbonyl (C=O) groups excluding carboxylic acids is 1. The van der Waals surface area contributed by atoms with Gasteiger partial charge in [0.2, 0.25) is 0 Å². The first-order chi connectivity index (χ1) is 10.7. The molecule has 0 bridgehead atoms. The molecular formula is C17H23ClN2O2. The van der Waals surface area contributed by atoms with Gasteiger partial charge in [-0.2, -0.15) is 0 Å². The molecule has 1 aromatic carbocycles. The molecule has 0 radical (unpaired) electrons. The Morgan fingerprint density at radius 2 is 1.82 bits per heavy atom. The monoisotopic (exact) mass is 322 g/mol. The lowest BCUT2D eigenvalue weighted by Crippen LogP contribution is -2.47. The maximum Gasteiger partial charge on any atom is 0.315 e. The van der Waals surface area contributed by atoms with E-state index in [1.54, 1.807) is 0 Å². The van der Waals surface area contributed by atoms with Gasteiger partial charge in [0.05, 0.1) is 6.04 Å². The van der Waals surface area contributed by atoms with E-state index in [0.717, 1.165) is 36.6 Å². The third kappa shape index (κ3) is 3.93. The Bertz CT molecular complexity index is 496. The molecular weight excluding hydrogens is 300 g/mol. The number of rotatable bonds is 4. The molecule has 2 amide bonds. The maximum atomic E-state index is 12.3. The van der Waals surface area contributed by atoms with E-state index in [1.807, 2.05) is 24.3 Å². The first-order valence-electron chi connectivity index (χ1n) is 8.12. The van der Waals surface area contributed by atoms with Crippen molar-refractivity contribution in [1.29, 1.82) is 0 Å². The lowest BCUT2D eigenvalue weighted by Gasteiger charge is -2.35. The Kier molecular flexibility index (Phi) is 5.21. The predicted molar refractivity (Wildman–Crippen MR) is 87.0 cm³/mol. The topological polar surface area (TPSA) is 50.4 Å². The molecule has 2 fully saturated rings. The van der Waals surface area contributed by atoms with Crippen LogP contribution in [-0.4, -0.2) is 25.3 Å². The van der Waals surface area contributed by atoms with E-state index in [4.69, 9.17) is 16.3 Å². The number of amides is 2. The lowest BCUT2D eigenvalue weighted by molar-refractivity contribution is 0.0796. The van der Waals surface area contributed by atoms with Crippen LogP contribution in [0.25, 0.3) is 0 Å². The van der Waals surface area contributed by atoms with Crippen molar-refractivity contribution in [3.8, 4) is 0 Å². The summed E-state index contributed by atoms with van der Waals surface area (Å²) in [4.78, 5) is 12.3. The number of hydrogen-bond donors (Lipinski definition) is 2. The summed E-state index contributed by atoms with van der Waals surface area (Å²) in [5, 5.41) is 6.97. The van der Waals surface area contributed by atoms with Crippen molar-refractivity contribution in [3.05, 3.63) is 34.9 Å². The number of nitrogens with one attached hydrogen (secondary N) is 2. The van der Waals surface area contributed by atoms with Crippen LogP contribution in [0.15, 0.2) is 24.3 Å². The largest absolute Gasteiger partial charge is 0.381 e. The fourth-order valence-corrected chi connectivity index (χ4v) is 3.25. The molecule has 1 saturated carbocycles.